The summed E-state index contributed by atoms with van der Waals surface area (Å²) in [5.74, 6) is 0. The Hall–Kier alpha value is -1.08. The average Bonchev–Trinajstić information content (AvgIpc) is 2.29. The van der Waals surface area contributed by atoms with Crippen molar-refractivity contribution in [2.24, 2.45) is 0 Å². The number of likely N-dealkylation sites (N-methyl/N-ethyl adjacent to an activating group) is 1. The third-order valence-corrected chi connectivity index (χ3v) is 3.75. The molecule has 1 nitrogen and oxygen atoms in total. The monoisotopic (exact) mass is 199 g/mol. The maximum Gasteiger partial charge on any atom is 0.0351 e. The van der Waals surface area contributed by atoms with Crippen LogP contribution >= 0.6 is 0 Å². The molecule has 0 radical (unpaired) electrons. The zero-order chi connectivity index (χ0) is 10.3. The summed E-state index contributed by atoms with van der Waals surface area (Å²) in [5, 5.41) is 0. The van der Waals surface area contributed by atoms with Gasteiger partial charge in [-0.05, 0) is 43.0 Å². The number of benzene rings is 1. The van der Waals surface area contributed by atoms with Crippen molar-refractivity contribution in [1.82, 2.24) is 4.90 Å². The zero-order valence-electron chi connectivity index (χ0n) is 9.24. The Balaban J connectivity index is 2.09. The fourth-order valence-electron chi connectivity index (χ4n) is 2.93. The fourth-order valence-corrected chi connectivity index (χ4v) is 2.93. The maximum atomic E-state index is 2.51. The van der Waals surface area contributed by atoms with Crippen molar-refractivity contribution >= 4 is 5.57 Å². The van der Waals surface area contributed by atoms with Gasteiger partial charge >= 0.3 is 0 Å². The third-order valence-electron chi connectivity index (χ3n) is 3.75. The molecule has 1 heteroatoms. The number of hydrogen-bond donors (Lipinski definition) is 0. The van der Waals surface area contributed by atoms with Crippen LogP contribution in [-0.2, 0) is 6.42 Å². The predicted molar refractivity (Wildman–Crippen MR) is 63.8 cm³/mol. The van der Waals surface area contributed by atoms with Crippen LogP contribution < -0.4 is 0 Å². The molecule has 0 N–H and O–H groups in total. The second-order valence-electron chi connectivity index (χ2n) is 4.64. The summed E-state index contributed by atoms with van der Waals surface area (Å²) in [5.41, 5.74) is 4.61. The molecule has 1 aromatic rings. The van der Waals surface area contributed by atoms with Gasteiger partial charge in [-0.15, -0.1) is 0 Å². The molecule has 0 spiro atoms. The first kappa shape index (κ1) is 9.17. The van der Waals surface area contributed by atoms with E-state index in [9.17, 15) is 0 Å². The van der Waals surface area contributed by atoms with Gasteiger partial charge in [0.2, 0.25) is 0 Å². The van der Waals surface area contributed by atoms with Crippen LogP contribution in [0.1, 0.15) is 24.0 Å². The standard InChI is InChI=1S/C14H17N/c1-15-10-4-7-13-12-6-3-2-5-11(12)8-9-14(13)15/h2-3,5-7,14H,4,8-10H2,1H3. The highest BCUT2D eigenvalue weighted by molar-refractivity contribution is 5.74. The highest BCUT2D eigenvalue weighted by atomic mass is 15.1. The van der Waals surface area contributed by atoms with Gasteiger partial charge in [0.25, 0.3) is 0 Å². The number of hydrogen-bond acceptors (Lipinski definition) is 1. The molecule has 0 bridgehead atoms. The number of fused-ring (bicyclic) bond motifs is 3. The Morgan fingerprint density at radius 2 is 2.13 bits per heavy atom. The molecule has 78 valence electrons. The van der Waals surface area contributed by atoms with E-state index in [1.807, 2.05) is 0 Å². The summed E-state index contributed by atoms with van der Waals surface area (Å²) in [6.45, 7) is 1.22. The lowest BCUT2D eigenvalue weighted by atomic mass is 9.81. The molecule has 15 heavy (non-hydrogen) atoms. The van der Waals surface area contributed by atoms with E-state index >= 15 is 0 Å². The predicted octanol–water partition coefficient (Wildman–Crippen LogP) is 2.72. The minimum atomic E-state index is 0.675. The third kappa shape index (κ3) is 1.42. The summed E-state index contributed by atoms with van der Waals surface area (Å²) in [7, 11) is 2.26. The Morgan fingerprint density at radius 3 is 3.07 bits per heavy atom. The van der Waals surface area contributed by atoms with E-state index in [1.54, 1.807) is 5.57 Å². The minimum absolute atomic E-state index is 0.675. The molecule has 3 rings (SSSR count). The molecule has 2 aliphatic rings. The van der Waals surface area contributed by atoms with Gasteiger partial charge < -0.3 is 0 Å². The van der Waals surface area contributed by atoms with E-state index < -0.39 is 0 Å². The van der Waals surface area contributed by atoms with Crippen molar-refractivity contribution in [3.05, 3.63) is 41.5 Å². The molecular weight excluding hydrogens is 182 g/mol. The van der Waals surface area contributed by atoms with Gasteiger partial charge in [-0.1, -0.05) is 30.3 Å². The lowest BCUT2D eigenvalue weighted by Crippen LogP contribution is -2.38. The highest BCUT2D eigenvalue weighted by Gasteiger charge is 2.28. The first-order valence-electron chi connectivity index (χ1n) is 5.85. The molecule has 0 fully saturated rings. The lowest BCUT2D eigenvalue weighted by Gasteiger charge is -2.37. The van der Waals surface area contributed by atoms with E-state index in [1.165, 1.54) is 36.9 Å². The molecule has 1 atom stereocenters. The van der Waals surface area contributed by atoms with Crippen LogP contribution in [0.2, 0.25) is 0 Å². The van der Waals surface area contributed by atoms with Gasteiger partial charge in [-0.3, -0.25) is 4.90 Å². The van der Waals surface area contributed by atoms with Gasteiger partial charge in [0.15, 0.2) is 0 Å². The highest BCUT2D eigenvalue weighted by Crippen LogP contribution is 2.35. The average molecular weight is 199 g/mol. The van der Waals surface area contributed by atoms with Crippen molar-refractivity contribution < 1.29 is 0 Å². The van der Waals surface area contributed by atoms with E-state index in [-0.39, 0.29) is 0 Å². The molecule has 0 amide bonds. The Kier molecular flexibility index (Phi) is 2.14. The largest absolute Gasteiger partial charge is 0.299 e. The van der Waals surface area contributed by atoms with E-state index in [2.05, 4.69) is 42.3 Å². The molecule has 1 aromatic carbocycles. The normalized spacial score (nSPS) is 25.4. The van der Waals surface area contributed by atoms with E-state index in [4.69, 9.17) is 0 Å². The van der Waals surface area contributed by atoms with Gasteiger partial charge in [-0.25, -0.2) is 0 Å². The van der Waals surface area contributed by atoms with E-state index in [0.717, 1.165) is 0 Å². The van der Waals surface area contributed by atoms with Gasteiger partial charge in [0.1, 0.15) is 0 Å². The van der Waals surface area contributed by atoms with Crippen molar-refractivity contribution in [3.63, 3.8) is 0 Å². The van der Waals surface area contributed by atoms with Crippen LogP contribution in [0.3, 0.4) is 0 Å². The van der Waals surface area contributed by atoms with Crippen molar-refractivity contribution in [2.45, 2.75) is 25.3 Å². The fraction of sp³-hybridized carbons (Fsp3) is 0.429. The van der Waals surface area contributed by atoms with Crippen LogP contribution in [0, 0.1) is 0 Å². The second-order valence-corrected chi connectivity index (χ2v) is 4.64. The van der Waals surface area contributed by atoms with Crippen LogP contribution in [0.25, 0.3) is 5.57 Å². The second kappa shape index (κ2) is 3.49. The summed E-state index contributed by atoms with van der Waals surface area (Å²) >= 11 is 0. The smallest absolute Gasteiger partial charge is 0.0351 e. The van der Waals surface area contributed by atoms with Crippen LogP contribution in [0.4, 0.5) is 0 Å². The summed E-state index contributed by atoms with van der Waals surface area (Å²) < 4.78 is 0. The molecular formula is C14H17N. The first-order valence-corrected chi connectivity index (χ1v) is 5.85. The molecule has 0 aromatic heterocycles. The quantitative estimate of drug-likeness (QED) is 0.621. The lowest BCUT2D eigenvalue weighted by molar-refractivity contribution is 0.269. The molecule has 0 saturated heterocycles. The first-order chi connectivity index (χ1) is 7.36. The van der Waals surface area contributed by atoms with Crippen molar-refractivity contribution in [1.29, 1.82) is 0 Å². The minimum Gasteiger partial charge on any atom is -0.299 e. The Morgan fingerprint density at radius 1 is 1.27 bits per heavy atom. The van der Waals surface area contributed by atoms with Gasteiger partial charge in [0.05, 0.1) is 0 Å². The number of rotatable bonds is 0. The van der Waals surface area contributed by atoms with E-state index in [0.29, 0.717) is 6.04 Å². The Bertz CT molecular complexity index is 406. The topological polar surface area (TPSA) is 3.24 Å². The summed E-state index contributed by atoms with van der Waals surface area (Å²) in [4.78, 5) is 2.51. The molecule has 1 unspecified atom stereocenters. The molecule has 1 aliphatic carbocycles. The molecule has 1 heterocycles. The van der Waals surface area contributed by atoms with Crippen molar-refractivity contribution in [2.75, 3.05) is 13.6 Å². The molecule has 0 saturated carbocycles. The number of aryl methyl sites for hydroxylation is 1. The van der Waals surface area contributed by atoms with Gasteiger partial charge in [-0.2, -0.15) is 0 Å². The van der Waals surface area contributed by atoms with Crippen molar-refractivity contribution in [3.8, 4) is 0 Å². The summed E-state index contributed by atoms with van der Waals surface area (Å²) in [6, 6.07) is 9.56. The van der Waals surface area contributed by atoms with Crippen LogP contribution in [0.15, 0.2) is 30.3 Å². The van der Waals surface area contributed by atoms with Gasteiger partial charge in [0, 0.05) is 12.6 Å². The van der Waals surface area contributed by atoms with Crippen LogP contribution in [-0.4, -0.2) is 24.5 Å². The Labute approximate surface area is 91.4 Å². The zero-order valence-corrected chi connectivity index (χ0v) is 9.24. The van der Waals surface area contributed by atoms with Crippen LogP contribution in [0.5, 0.6) is 0 Å². The number of nitrogens with zero attached hydrogens (tertiary/aromatic N) is 1. The summed E-state index contributed by atoms with van der Waals surface area (Å²) in [6.07, 6.45) is 6.18. The SMILES string of the molecule is CN1CCC=C2c3ccccc3CCC21. The maximum absolute atomic E-state index is 2.51. The molecule has 1 aliphatic heterocycles.